The molecule has 1 aliphatic rings. The summed E-state index contributed by atoms with van der Waals surface area (Å²) in [5, 5.41) is 12.9. The molecule has 0 fully saturated rings. The lowest BCUT2D eigenvalue weighted by molar-refractivity contribution is -0.148. The number of nitrogens with zero attached hydrogens (tertiary/aromatic N) is 1. The highest BCUT2D eigenvalue weighted by Crippen LogP contribution is 2.37. The van der Waals surface area contributed by atoms with Gasteiger partial charge in [-0.3, -0.25) is 4.79 Å². The first-order valence-electron chi connectivity index (χ1n) is 10.4. The van der Waals surface area contributed by atoms with Gasteiger partial charge in [-0.1, -0.05) is 12.5 Å². The Bertz CT molecular complexity index is 1070. The maximum Gasteiger partial charge on any atom is 0.331 e. The van der Waals surface area contributed by atoms with Crippen LogP contribution >= 0.6 is 11.3 Å². The molecule has 0 aliphatic heterocycles. The quantitative estimate of drug-likeness (QED) is 0.376. The molecule has 1 atom stereocenters. The maximum absolute atomic E-state index is 12.6. The van der Waals surface area contributed by atoms with Crippen LogP contribution in [0.15, 0.2) is 24.3 Å². The zero-order chi connectivity index (χ0) is 23.1. The van der Waals surface area contributed by atoms with Crippen LogP contribution in [-0.4, -0.2) is 32.2 Å². The topological polar surface area (TPSA) is 97.6 Å². The Morgan fingerprint density at radius 3 is 2.62 bits per heavy atom. The molecule has 0 saturated carbocycles. The van der Waals surface area contributed by atoms with Crippen molar-refractivity contribution in [1.82, 2.24) is 0 Å². The number of fused-ring (bicyclic) bond motifs is 1. The second kappa shape index (κ2) is 10.8. The van der Waals surface area contributed by atoms with Crippen LogP contribution in [0.5, 0.6) is 11.5 Å². The summed E-state index contributed by atoms with van der Waals surface area (Å²) in [6.07, 6.45) is 6.88. The lowest BCUT2D eigenvalue weighted by Gasteiger charge is -2.12. The third kappa shape index (κ3) is 5.48. The monoisotopic (exact) mass is 454 g/mol. The van der Waals surface area contributed by atoms with Crippen LogP contribution in [0.1, 0.15) is 47.8 Å². The molecule has 8 heteroatoms. The minimum atomic E-state index is -1.01. The van der Waals surface area contributed by atoms with Gasteiger partial charge in [-0.15, -0.1) is 11.3 Å². The number of ether oxygens (including phenoxy) is 3. The highest BCUT2D eigenvalue weighted by Gasteiger charge is 2.23. The van der Waals surface area contributed by atoms with Gasteiger partial charge in [0.25, 0.3) is 5.91 Å². The van der Waals surface area contributed by atoms with Gasteiger partial charge in [-0.2, -0.15) is 5.26 Å². The number of nitriles is 1. The number of thiophene rings is 1. The second-order valence-electron chi connectivity index (χ2n) is 7.40. The maximum atomic E-state index is 12.6. The molecule has 0 saturated heterocycles. The summed E-state index contributed by atoms with van der Waals surface area (Å²) < 4.78 is 15.7. The molecule has 0 bridgehead atoms. The standard InChI is InChI=1S/C24H26N2O5S/c1-15(31-22(27)12-10-16-9-11-19(29-2)20(13-16)30-3)23(28)26-24-18(14-25)17-7-5-4-6-8-21(17)32-24/h9-13,15H,4-8H2,1-3H3,(H,26,28)/b12-10+. The normalized spacial score (nSPS) is 14.1. The average molecular weight is 455 g/mol. The molecule has 1 amide bonds. The molecule has 1 heterocycles. The van der Waals surface area contributed by atoms with Crippen molar-refractivity contribution in [1.29, 1.82) is 5.26 Å². The van der Waals surface area contributed by atoms with Gasteiger partial charge in [0.2, 0.25) is 0 Å². The predicted molar refractivity (Wildman–Crippen MR) is 123 cm³/mol. The Morgan fingerprint density at radius 2 is 1.91 bits per heavy atom. The summed E-state index contributed by atoms with van der Waals surface area (Å²) in [5.74, 6) is 0.00854. The average Bonchev–Trinajstić information content (AvgIpc) is 2.95. The third-order valence-electron chi connectivity index (χ3n) is 5.25. The first kappa shape index (κ1) is 23.4. The minimum absolute atomic E-state index is 0.467. The minimum Gasteiger partial charge on any atom is -0.493 e. The van der Waals surface area contributed by atoms with Crippen LogP contribution in [0.4, 0.5) is 5.00 Å². The van der Waals surface area contributed by atoms with Crippen molar-refractivity contribution in [2.75, 3.05) is 19.5 Å². The zero-order valence-electron chi connectivity index (χ0n) is 18.4. The summed E-state index contributed by atoms with van der Waals surface area (Å²) in [6, 6.07) is 7.46. The number of esters is 1. The molecule has 1 N–H and O–H groups in total. The van der Waals surface area contributed by atoms with E-state index in [2.05, 4.69) is 11.4 Å². The van der Waals surface area contributed by atoms with Gasteiger partial charge in [-0.25, -0.2) is 4.79 Å². The number of rotatable bonds is 7. The SMILES string of the molecule is COc1ccc(/C=C/C(=O)OC(C)C(=O)Nc2sc3c(c2C#N)CCCCC3)cc1OC. The molecule has 7 nitrogen and oxygen atoms in total. The second-order valence-corrected chi connectivity index (χ2v) is 8.50. The van der Waals surface area contributed by atoms with Gasteiger partial charge in [0.05, 0.1) is 19.8 Å². The van der Waals surface area contributed by atoms with Gasteiger partial charge in [-0.05, 0) is 61.9 Å². The molecule has 1 aromatic carbocycles. The van der Waals surface area contributed by atoms with E-state index in [1.54, 1.807) is 31.4 Å². The number of hydrogen-bond donors (Lipinski definition) is 1. The Hall–Kier alpha value is -3.31. The van der Waals surface area contributed by atoms with Crippen LogP contribution in [-0.2, 0) is 27.2 Å². The largest absolute Gasteiger partial charge is 0.493 e. The smallest absolute Gasteiger partial charge is 0.331 e. The van der Waals surface area contributed by atoms with Gasteiger partial charge >= 0.3 is 5.97 Å². The first-order valence-corrected chi connectivity index (χ1v) is 11.2. The fourth-order valence-corrected chi connectivity index (χ4v) is 4.79. The lowest BCUT2D eigenvalue weighted by atomic mass is 10.1. The number of carbonyl (C=O) groups excluding carboxylic acids is 2. The zero-order valence-corrected chi connectivity index (χ0v) is 19.2. The van der Waals surface area contributed by atoms with Gasteiger partial charge in [0.1, 0.15) is 11.1 Å². The van der Waals surface area contributed by atoms with E-state index < -0.39 is 18.0 Å². The van der Waals surface area contributed by atoms with Crippen molar-refractivity contribution in [3.05, 3.63) is 45.8 Å². The van der Waals surface area contributed by atoms with Crippen LogP contribution in [0.2, 0.25) is 0 Å². The van der Waals surface area contributed by atoms with Crippen LogP contribution in [0.25, 0.3) is 6.08 Å². The van der Waals surface area contributed by atoms with Crippen LogP contribution in [0.3, 0.4) is 0 Å². The van der Waals surface area contributed by atoms with E-state index in [9.17, 15) is 14.9 Å². The van der Waals surface area contributed by atoms with Crippen molar-refractivity contribution < 1.29 is 23.8 Å². The lowest BCUT2D eigenvalue weighted by Crippen LogP contribution is -2.29. The van der Waals surface area contributed by atoms with Crippen molar-refractivity contribution in [2.24, 2.45) is 0 Å². The molecule has 1 unspecified atom stereocenters. The van der Waals surface area contributed by atoms with E-state index in [4.69, 9.17) is 14.2 Å². The number of nitrogens with one attached hydrogen (secondary N) is 1. The van der Waals surface area contributed by atoms with Crippen LogP contribution < -0.4 is 14.8 Å². The molecular weight excluding hydrogens is 428 g/mol. The van der Waals surface area contributed by atoms with Crippen molar-refractivity contribution >= 4 is 34.3 Å². The van der Waals surface area contributed by atoms with E-state index in [1.165, 1.54) is 31.4 Å². The number of methoxy groups -OCH3 is 2. The van der Waals surface area contributed by atoms with E-state index in [0.29, 0.717) is 22.1 Å². The van der Waals surface area contributed by atoms with E-state index >= 15 is 0 Å². The number of benzene rings is 1. The molecule has 32 heavy (non-hydrogen) atoms. The molecule has 168 valence electrons. The van der Waals surface area contributed by atoms with Crippen molar-refractivity contribution in [3.63, 3.8) is 0 Å². The number of amides is 1. The van der Waals surface area contributed by atoms with Gasteiger partial charge in [0, 0.05) is 11.0 Å². The molecule has 0 spiro atoms. The summed E-state index contributed by atoms with van der Waals surface area (Å²) in [6.45, 7) is 1.50. The summed E-state index contributed by atoms with van der Waals surface area (Å²) in [7, 11) is 3.08. The number of anilines is 1. The van der Waals surface area contributed by atoms with E-state index in [1.807, 2.05) is 0 Å². The van der Waals surface area contributed by atoms with E-state index in [-0.39, 0.29) is 0 Å². The van der Waals surface area contributed by atoms with E-state index in [0.717, 1.165) is 48.1 Å². The summed E-state index contributed by atoms with van der Waals surface area (Å²) in [5.41, 5.74) is 2.30. The van der Waals surface area contributed by atoms with Crippen LogP contribution in [0, 0.1) is 11.3 Å². The first-order chi connectivity index (χ1) is 15.5. The highest BCUT2D eigenvalue weighted by atomic mass is 32.1. The fourth-order valence-electron chi connectivity index (χ4n) is 3.55. The van der Waals surface area contributed by atoms with Gasteiger partial charge in [0.15, 0.2) is 17.6 Å². The number of hydrogen-bond acceptors (Lipinski definition) is 7. The molecular formula is C24H26N2O5S. The summed E-state index contributed by atoms with van der Waals surface area (Å²) in [4.78, 5) is 25.9. The van der Waals surface area contributed by atoms with Crippen molar-refractivity contribution in [3.8, 4) is 17.6 Å². The third-order valence-corrected chi connectivity index (χ3v) is 6.46. The Kier molecular flexibility index (Phi) is 7.90. The molecule has 1 aromatic heterocycles. The number of carbonyl (C=O) groups is 2. The van der Waals surface area contributed by atoms with Crippen molar-refractivity contribution in [2.45, 2.75) is 45.1 Å². The predicted octanol–water partition coefficient (Wildman–Crippen LogP) is 4.49. The summed E-state index contributed by atoms with van der Waals surface area (Å²) >= 11 is 1.45. The Labute approximate surface area is 191 Å². The fraction of sp³-hybridized carbons (Fsp3) is 0.375. The molecule has 3 rings (SSSR count). The van der Waals surface area contributed by atoms with Gasteiger partial charge < -0.3 is 19.5 Å². The highest BCUT2D eigenvalue weighted by molar-refractivity contribution is 7.16. The Balaban J connectivity index is 1.62. The Morgan fingerprint density at radius 1 is 1.16 bits per heavy atom. The molecule has 1 aliphatic carbocycles. The molecule has 0 radical (unpaired) electrons. The number of aryl methyl sites for hydroxylation is 1. The molecule has 2 aromatic rings.